The van der Waals surface area contributed by atoms with Gasteiger partial charge < -0.3 is 19.9 Å². The molecule has 2 N–H and O–H groups in total. The fourth-order valence-corrected chi connectivity index (χ4v) is 4.14. The Kier molecular flexibility index (Phi) is 8.24. The Balaban J connectivity index is 2.40. The number of alkyl carbamates (subject to hydrolysis) is 1. The molecule has 0 heterocycles. The third-order valence-corrected chi connectivity index (χ3v) is 5.89. The van der Waals surface area contributed by atoms with Gasteiger partial charge in [0.15, 0.2) is 5.54 Å². The lowest BCUT2D eigenvalue weighted by molar-refractivity contribution is -0.147. The van der Waals surface area contributed by atoms with Gasteiger partial charge >= 0.3 is 12.1 Å². The molecule has 0 aliphatic heterocycles. The average Bonchev–Trinajstić information content (AvgIpc) is 3.48. The summed E-state index contributed by atoms with van der Waals surface area (Å²) in [5.74, 6) is 0.846. The summed E-state index contributed by atoms with van der Waals surface area (Å²) in [6.07, 6.45) is 1.88. The Hall–Kier alpha value is -2.24. The molecule has 180 valence electrons. The van der Waals surface area contributed by atoms with E-state index in [9.17, 15) is 14.7 Å². The van der Waals surface area contributed by atoms with Crippen molar-refractivity contribution in [3.05, 3.63) is 29.3 Å². The van der Waals surface area contributed by atoms with Crippen LogP contribution < -0.4 is 10.1 Å². The highest BCUT2D eigenvalue weighted by Gasteiger charge is 2.43. The van der Waals surface area contributed by atoms with Gasteiger partial charge in [0.05, 0.1) is 0 Å². The molecule has 32 heavy (non-hydrogen) atoms. The molecule has 0 spiro atoms. The molecule has 2 rings (SSSR count). The van der Waals surface area contributed by atoms with E-state index in [0.29, 0.717) is 11.8 Å². The molecule has 6 heteroatoms. The average molecular weight is 448 g/mol. The van der Waals surface area contributed by atoms with Gasteiger partial charge in [0.25, 0.3) is 0 Å². The maximum atomic E-state index is 12.6. The predicted octanol–water partition coefficient (Wildman–Crippen LogP) is 6.10. The lowest BCUT2D eigenvalue weighted by atomic mass is 9.88. The van der Waals surface area contributed by atoms with Crippen LogP contribution in [-0.2, 0) is 9.53 Å². The van der Waals surface area contributed by atoms with Gasteiger partial charge in [-0.05, 0) is 74.8 Å². The molecular weight excluding hydrogens is 406 g/mol. The summed E-state index contributed by atoms with van der Waals surface area (Å²) in [7, 11) is 0. The molecule has 0 aromatic heterocycles. The zero-order chi connectivity index (χ0) is 24.3. The first-order valence-corrected chi connectivity index (χ1v) is 11.8. The quantitative estimate of drug-likeness (QED) is 0.453. The number of carboxylic acids is 1. The summed E-state index contributed by atoms with van der Waals surface area (Å²) in [6, 6.07) is 6.17. The number of aliphatic carboxylic acids is 1. The Morgan fingerprint density at radius 3 is 2.16 bits per heavy atom. The number of ether oxygens (including phenoxy) is 2. The molecule has 0 saturated heterocycles. The smallest absolute Gasteiger partial charge is 0.408 e. The molecule has 2 atom stereocenters. The number of carbonyl (C=O) groups is 2. The van der Waals surface area contributed by atoms with Crippen LogP contribution in [0.5, 0.6) is 5.75 Å². The minimum Gasteiger partial charge on any atom is -0.490 e. The minimum absolute atomic E-state index is 0.0230. The van der Waals surface area contributed by atoms with Gasteiger partial charge in [-0.3, -0.25) is 0 Å². The molecule has 6 nitrogen and oxygen atoms in total. The zero-order valence-electron chi connectivity index (χ0n) is 21.0. The fraction of sp³-hybridized carbons (Fsp3) is 0.692. The van der Waals surface area contributed by atoms with Crippen LogP contribution in [0.15, 0.2) is 18.2 Å². The van der Waals surface area contributed by atoms with E-state index >= 15 is 0 Å². The maximum absolute atomic E-state index is 12.6. The van der Waals surface area contributed by atoms with Crippen molar-refractivity contribution in [3.63, 3.8) is 0 Å². The van der Waals surface area contributed by atoms with E-state index in [2.05, 4.69) is 32.2 Å². The monoisotopic (exact) mass is 447 g/mol. The largest absolute Gasteiger partial charge is 0.490 e. The van der Waals surface area contributed by atoms with Crippen molar-refractivity contribution in [1.29, 1.82) is 0 Å². The van der Waals surface area contributed by atoms with Crippen LogP contribution in [0.1, 0.15) is 97.6 Å². The van der Waals surface area contributed by atoms with Crippen molar-refractivity contribution in [2.24, 2.45) is 11.8 Å². The standard InChI is InChI=1S/C26H41NO5/c1-16(2)14-26(23(28)29,27-24(30)32-25(6,7)8)15-31-22-20(17(3)4)10-9-11-21(22)18(5)19-12-13-19/h9-11,16-19H,12-15H2,1-8H3,(H,27,30)(H,28,29)/t18-,26+/m1/s1. The summed E-state index contributed by atoms with van der Waals surface area (Å²) in [5.41, 5.74) is -0.166. The van der Waals surface area contributed by atoms with Gasteiger partial charge in [-0.25, -0.2) is 9.59 Å². The molecule has 1 aliphatic carbocycles. The lowest BCUT2D eigenvalue weighted by Gasteiger charge is -2.34. The van der Waals surface area contributed by atoms with Crippen LogP contribution in [0.3, 0.4) is 0 Å². The maximum Gasteiger partial charge on any atom is 0.408 e. The van der Waals surface area contributed by atoms with E-state index in [4.69, 9.17) is 9.47 Å². The van der Waals surface area contributed by atoms with Crippen molar-refractivity contribution >= 4 is 12.1 Å². The first-order valence-electron chi connectivity index (χ1n) is 11.8. The summed E-state index contributed by atoms with van der Waals surface area (Å²) in [5, 5.41) is 12.8. The van der Waals surface area contributed by atoms with E-state index in [-0.39, 0.29) is 24.9 Å². The Morgan fingerprint density at radius 1 is 1.09 bits per heavy atom. The number of hydrogen-bond donors (Lipinski definition) is 2. The SMILES string of the molecule is CC(C)C[C@@](COc1c(C(C)C)cccc1[C@H](C)C1CC1)(NC(=O)OC(C)(C)C)C(=O)O. The summed E-state index contributed by atoms with van der Waals surface area (Å²) < 4.78 is 11.7. The highest BCUT2D eigenvalue weighted by molar-refractivity contribution is 5.84. The topological polar surface area (TPSA) is 84.9 Å². The summed E-state index contributed by atoms with van der Waals surface area (Å²) >= 11 is 0. The van der Waals surface area contributed by atoms with Crippen LogP contribution in [0.4, 0.5) is 4.79 Å². The molecule has 0 bridgehead atoms. The van der Waals surface area contributed by atoms with Crippen LogP contribution in [-0.4, -0.2) is 34.9 Å². The van der Waals surface area contributed by atoms with Crippen LogP contribution in [0.25, 0.3) is 0 Å². The van der Waals surface area contributed by atoms with Gasteiger partial charge in [-0.1, -0.05) is 52.8 Å². The van der Waals surface area contributed by atoms with Crippen LogP contribution in [0.2, 0.25) is 0 Å². The van der Waals surface area contributed by atoms with Crippen molar-refractivity contribution < 1.29 is 24.2 Å². The number of carbonyl (C=O) groups excluding carboxylic acids is 1. The third kappa shape index (κ3) is 6.88. The van der Waals surface area contributed by atoms with Crippen LogP contribution in [0, 0.1) is 11.8 Å². The Labute approximate surface area is 193 Å². The molecule has 0 unspecified atom stereocenters. The molecule has 1 aromatic carbocycles. The fourth-order valence-electron chi connectivity index (χ4n) is 4.14. The second kappa shape index (κ2) is 10.1. The zero-order valence-corrected chi connectivity index (χ0v) is 21.0. The number of benzene rings is 1. The Bertz CT molecular complexity index is 807. The van der Waals surface area contributed by atoms with Gasteiger partial charge in [0.1, 0.15) is 18.0 Å². The van der Waals surface area contributed by atoms with Gasteiger partial charge in [0, 0.05) is 0 Å². The molecule has 0 radical (unpaired) electrons. The van der Waals surface area contributed by atoms with Crippen LogP contribution >= 0.6 is 0 Å². The molecular formula is C26H41NO5. The molecule has 1 aromatic rings. The second-order valence-corrected chi connectivity index (χ2v) is 10.9. The number of rotatable bonds is 10. The van der Waals surface area contributed by atoms with E-state index in [1.54, 1.807) is 20.8 Å². The number of amides is 1. The van der Waals surface area contributed by atoms with Crippen molar-refractivity contribution in [1.82, 2.24) is 5.32 Å². The van der Waals surface area contributed by atoms with Crippen molar-refractivity contribution in [2.75, 3.05) is 6.61 Å². The summed E-state index contributed by atoms with van der Waals surface area (Å²) in [6.45, 7) is 15.3. The molecule has 1 fully saturated rings. The number of para-hydroxylation sites is 1. The first-order chi connectivity index (χ1) is 14.8. The van der Waals surface area contributed by atoms with E-state index in [0.717, 1.165) is 16.9 Å². The van der Waals surface area contributed by atoms with Crippen molar-refractivity contribution in [2.45, 2.75) is 97.6 Å². The molecule has 1 amide bonds. The van der Waals surface area contributed by atoms with Gasteiger partial charge in [-0.15, -0.1) is 0 Å². The minimum atomic E-state index is -1.60. The second-order valence-electron chi connectivity index (χ2n) is 10.9. The number of hydrogen-bond acceptors (Lipinski definition) is 4. The normalized spacial score (nSPS) is 17.1. The first kappa shape index (κ1) is 26.0. The highest BCUT2D eigenvalue weighted by atomic mass is 16.6. The Morgan fingerprint density at radius 2 is 1.69 bits per heavy atom. The summed E-state index contributed by atoms with van der Waals surface area (Å²) in [4.78, 5) is 25.1. The van der Waals surface area contributed by atoms with Gasteiger partial charge in [-0.2, -0.15) is 0 Å². The van der Waals surface area contributed by atoms with E-state index < -0.39 is 23.2 Å². The number of nitrogens with one attached hydrogen (secondary N) is 1. The van der Waals surface area contributed by atoms with Gasteiger partial charge in [0.2, 0.25) is 0 Å². The highest BCUT2D eigenvalue weighted by Crippen LogP contribution is 2.46. The van der Waals surface area contributed by atoms with E-state index in [1.807, 2.05) is 26.0 Å². The molecule has 1 aliphatic rings. The lowest BCUT2D eigenvalue weighted by Crippen LogP contribution is -2.60. The third-order valence-electron chi connectivity index (χ3n) is 5.89. The molecule has 1 saturated carbocycles. The number of carboxylic acid groups (broad SMARTS) is 1. The van der Waals surface area contributed by atoms with Crippen molar-refractivity contribution in [3.8, 4) is 5.75 Å². The predicted molar refractivity (Wildman–Crippen MR) is 126 cm³/mol. The van der Waals surface area contributed by atoms with E-state index in [1.165, 1.54) is 12.8 Å².